The fourth-order valence-electron chi connectivity index (χ4n) is 2.72. The number of phenolic OH excluding ortho intramolecular Hbond substituents is 1. The molecule has 0 aliphatic carbocycles. The summed E-state index contributed by atoms with van der Waals surface area (Å²) in [6.45, 7) is 1.90. The third-order valence-corrected chi connectivity index (χ3v) is 4.11. The van der Waals surface area contributed by atoms with Crippen LogP contribution in [0.2, 0.25) is 0 Å². The van der Waals surface area contributed by atoms with Gasteiger partial charge in [0.1, 0.15) is 11.6 Å². The van der Waals surface area contributed by atoms with Crippen LogP contribution in [0.25, 0.3) is 0 Å². The van der Waals surface area contributed by atoms with E-state index in [0.717, 1.165) is 5.69 Å². The number of hydrogen-bond acceptors (Lipinski definition) is 4. The molecule has 1 aliphatic heterocycles. The zero-order valence-electron chi connectivity index (χ0n) is 13.5. The van der Waals surface area contributed by atoms with E-state index >= 15 is 0 Å². The highest BCUT2D eigenvalue weighted by molar-refractivity contribution is 6.39. The molecule has 0 atom stereocenters. The number of carbonyl (C=O) groups excluding carboxylic acids is 2. The summed E-state index contributed by atoms with van der Waals surface area (Å²) in [5, 5.41) is 12.1. The van der Waals surface area contributed by atoms with E-state index in [4.69, 9.17) is 0 Å². The Morgan fingerprint density at radius 1 is 0.960 bits per heavy atom. The van der Waals surface area contributed by atoms with Gasteiger partial charge in [0.05, 0.1) is 5.69 Å². The molecule has 2 aromatic carbocycles. The van der Waals surface area contributed by atoms with E-state index in [2.05, 4.69) is 5.32 Å². The zero-order chi connectivity index (χ0) is 17.8. The standard InChI is InChI=1S/C18H18FN3O3/c19-13-5-7-14(8-6-13)21-9-11-22(12-10-21)18(25)17(24)20-15-3-1-2-4-16(15)23/h1-8,23H,9-12H2,(H,20,24). The highest BCUT2D eigenvalue weighted by Gasteiger charge is 2.26. The summed E-state index contributed by atoms with van der Waals surface area (Å²) in [5.74, 6) is -1.80. The maximum atomic E-state index is 13.0. The Balaban J connectivity index is 1.57. The highest BCUT2D eigenvalue weighted by Crippen LogP contribution is 2.22. The molecule has 6 nitrogen and oxygen atoms in total. The summed E-state index contributed by atoms with van der Waals surface area (Å²) >= 11 is 0. The first kappa shape index (κ1) is 16.8. The third-order valence-electron chi connectivity index (χ3n) is 4.11. The Morgan fingerprint density at radius 3 is 2.24 bits per heavy atom. The first-order valence-electron chi connectivity index (χ1n) is 7.93. The van der Waals surface area contributed by atoms with Crippen LogP contribution in [0, 0.1) is 5.82 Å². The van der Waals surface area contributed by atoms with Crippen LogP contribution in [0.5, 0.6) is 5.75 Å². The molecule has 0 unspecified atom stereocenters. The van der Waals surface area contributed by atoms with Gasteiger partial charge in [0.15, 0.2) is 0 Å². The lowest BCUT2D eigenvalue weighted by molar-refractivity contribution is -0.143. The zero-order valence-corrected chi connectivity index (χ0v) is 13.5. The van der Waals surface area contributed by atoms with Gasteiger partial charge in [0, 0.05) is 31.9 Å². The maximum Gasteiger partial charge on any atom is 0.314 e. The van der Waals surface area contributed by atoms with E-state index in [-0.39, 0.29) is 17.3 Å². The molecule has 2 amide bonds. The van der Waals surface area contributed by atoms with E-state index in [1.54, 1.807) is 24.3 Å². The molecule has 1 saturated heterocycles. The minimum absolute atomic E-state index is 0.0928. The number of rotatable bonds is 2. The number of phenols is 1. The number of benzene rings is 2. The molecule has 0 saturated carbocycles. The van der Waals surface area contributed by atoms with E-state index in [0.29, 0.717) is 26.2 Å². The quantitative estimate of drug-likeness (QED) is 0.644. The lowest BCUT2D eigenvalue weighted by Crippen LogP contribution is -2.51. The van der Waals surface area contributed by atoms with Gasteiger partial charge in [-0.25, -0.2) is 4.39 Å². The van der Waals surface area contributed by atoms with Crippen molar-refractivity contribution in [2.45, 2.75) is 0 Å². The number of carbonyl (C=O) groups is 2. The van der Waals surface area contributed by atoms with Crippen molar-refractivity contribution in [1.29, 1.82) is 0 Å². The Hall–Kier alpha value is -3.09. The van der Waals surface area contributed by atoms with Crippen molar-refractivity contribution < 1.29 is 19.1 Å². The lowest BCUT2D eigenvalue weighted by Gasteiger charge is -2.35. The molecule has 130 valence electrons. The summed E-state index contributed by atoms with van der Waals surface area (Å²) < 4.78 is 13.0. The number of hydrogen-bond donors (Lipinski definition) is 2. The van der Waals surface area contributed by atoms with Gasteiger partial charge in [-0.1, -0.05) is 12.1 Å². The average molecular weight is 343 g/mol. The van der Waals surface area contributed by atoms with Crippen molar-refractivity contribution in [3.8, 4) is 5.75 Å². The second kappa shape index (κ2) is 7.21. The highest BCUT2D eigenvalue weighted by atomic mass is 19.1. The largest absolute Gasteiger partial charge is 0.506 e. The van der Waals surface area contributed by atoms with Gasteiger partial charge in [-0.05, 0) is 36.4 Å². The summed E-state index contributed by atoms with van der Waals surface area (Å²) in [6, 6.07) is 12.4. The van der Waals surface area contributed by atoms with Gasteiger partial charge in [0.2, 0.25) is 0 Å². The van der Waals surface area contributed by atoms with Crippen molar-refractivity contribution in [2.24, 2.45) is 0 Å². The molecule has 1 heterocycles. The predicted octanol–water partition coefficient (Wildman–Crippen LogP) is 1.82. The van der Waals surface area contributed by atoms with E-state index in [9.17, 15) is 19.1 Å². The molecule has 0 bridgehead atoms. The summed E-state index contributed by atoms with van der Waals surface area (Å²) in [6.07, 6.45) is 0. The maximum absolute atomic E-state index is 13.0. The van der Waals surface area contributed by atoms with Gasteiger partial charge in [-0.3, -0.25) is 9.59 Å². The van der Waals surface area contributed by atoms with E-state index in [1.807, 2.05) is 4.90 Å². The minimum atomic E-state index is -0.781. The number of aromatic hydroxyl groups is 1. The lowest BCUT2D eigenvalue weighted by atomic mass is 10.2. The van der Waals surface area contributed by atoms with Crippen molar-refractivity contribution in [1.82, 2.24) is 4.90 Å². The van der Waals surface area contributed by atoms with Gasteiger partial charge < -0.3 is 20.2 Å². The van der Waals surface area contributed by atoms with Crippen molar-refractivity contribution in [3.63, 3.8) is 0 Å². The number of para-hydroxylation sites is 2. The first-order valence-corrected chi connectivity index (χ1v) is 7.93. The van der Waals surface area contributed by atoms with Crippen LogP contribution in [0.15, 0.2) is 48.5 Å². The minimum Gasteiger partial charge on any atom is -0.506 e. The summed E-state index contributed by atoms with van der Waals surface area (Å²) in [5.41, 5.74) is 1.08. The number of halogens is 1. The van der Waals surface area contributed by atoms with Gasteiger partial charge >= 0.3 is 11.8 Å². The molecule has 2 aromatic rings. The number of piperazine rings is 1. The van der Waals surface area contributed by atoms with Crippen LogP contribution in [0.3, 0.4) is 0 Å². The van der Waals surface area contributed by atoms with Crippen LogP contribution in [-0.4, -0.2) is 48.0 Å². The predicted molar refractivity (Wildman–Crippen MR) is 91.9 cm³/mol. The Bertz CT molecular complexity index is 771. The Morgan fingerprint density at radius 2 is 1.60 bits per heavy atom. The number of nitrogens with one attached hydrogen (secondary N) is 1. The second-order valence-corrected chi connectivity index (χ2v) is 5.73. The summed E-state index contributed by atoms with van der Waals surface area (Å²) in [4.78, 5) is 27.8. The number of anilines is 2. The van der Waals surface area contributed by atoms with Crippen LogP contribution in [0.1, 0.15) is 0 Å². The molecule has 7 heteroatoms. The van der Waals surface area contributed by atoms with Gasteiger partial charge in [-0.15, -0.1) is 0 Å². The smallest absolute Gasteiger partial charge is 0.314 e. The van der Waals surface area contributed by atoms with Gasteiger partial charge in [-0.2, -0.15) is 0 Å². The molecular weight excluding hydrogens is 325 g/mol. The molecule has 3 rings (SSSR count). The van der Waals surface area contributed by atoms with Crippen LogP contribution in [-0.2, 0) is 9.59 Å². The molecule has 25 heavy (non-hydrogen) atoms. The average Bonchev–Trinajstić information content (AvgIpc) is 2.64. The second-order valence-electron chi connectivity index (χ2n) is 5.73. The molecular formula is C18H18FN3O3. The van der Waals surface area contributed by atoms with Gasteiger partial charge in [0.25, 0.3) is 0 Å². The fraction of sp³-hybridized carbons (Fsp3) is 0.222. The monoisotopic (exact) mass is 343 g/mol. The first-order chi connectivity index (χ1) is 12.0. The Labute approximate surface area is 144 Å². The SMILES string of the molecule is O=C(Nc1ccccc1O)C(=O)N1CCN(c2ccc(F)cc2)CC1. The molecule has 1 fully saturated rings. The van der Waals surface area contributed by atoms with Crippen molar-refractivity contribution >= 4 is 23.2 Å². The van der Waals surface area contributed by atoms with E-state index in [1.165, 1.54) is 29.2 Å². The molecule has 0 radical (unpaired) electrons. The van der Waals surface area contributed by atoms with Crippen molar-refractivity contribution in [2.75, 3.05) is 36.4 Å². The molecule has 2 N–H and O–H groups in total. The van der Waals surface area contributed by atoms with E-state index < -0.39 is 11.8 Å². The van der Waals surface area contributed by atoms with Crippen LogP contribution < -0.4 is 10.2 Å². The summed E-state index contributed by atoms with van der Waals surface area (Å²) in [7, 11) is 0. The topological polar surface area (TPSA) is 72.9 Å². The third kappa shape index (κ3) is 3.88. The van der Waals surface area contributed by atoms with Crippen LogP contribution in [0.4, 0.5) is 15.8 Å². The van der Waals surface area contributed by atoms with Crippen LogP contribution >= 0.6 is 0 Å². The number of nitrogens with zero attached hydrogens (tertiary/aromatic N) is 2. The molecule has 0 aromatic heterocycles. The van der Waals surface area contributed by atoms with Crippen molar-refractivity contribution in [3.05, 3.63) is 54.3 Å². The molecule has 0 spiro atoms. The Kier molecular flexibility index (Phi) is 4.83. The number of amides is 2. The molecule has 1 aliphatic rings. The normalized spacial score (nSPS) is 14.3. The fourth-order valence-corrected chi connectivity index (χ4v) is 2.72.